The van der Waals surface area contributed by atoms with Crippen LogP contribution in [0.5, 0.6) is 0 Å². The minimum Gasteiger partial charge on any atom is -0.302 e. The largest absolute Gasteiger partial charge is 0.381 e. The van der Waals surface area contributed by atoms with E-state index in [-0.39, 0.29) is 12.2 Å². The second-order valence-electron chi connectivity index (χ2n) is 3.22. The maximum Gasteiger partial charge on any atom is 0.381 e. The van der Waals surface area contributed by atoms with Crippen molar-refractivity contribution >= 4 is 18.5 Å². The van der Waals surface area contributed by atoms with Crippen molar-refractivity contribution < 1.29 is 19.6 Å². The molecule has 0 spiro atoms. The molecular weight excluding hydrogens is 221 g/mol. The molecule has 6 heteroatoms. The van der Waals surface area contributed by atoms with Gasteiger partial charge in [-0.05, 0) is 38.5 Å². The van der Waals surface area contributed by atoms with Gasteiger partial charge in [-0.25, -0.2) is 5.90 Å². The molecule has 0 aliphatic rings. The minimum absolute atomic E-state index is 0.0478. The number of hydrogen-bond acceptors (Lipinski definition) is 4. The fraction of sp³-hybridized carbons (Fsp3) is 1.00. The van der Waals surface area contributed by atoms with Crippen molar-refractivity contribution in [2.24, 2.45) is 0 Å². The summed E-state index contributed by atoms with van der Waals surface area (Å²) in [6, 6.07) is 0. The highest BCUT2D eigenvalue weighted by atomic mass is 32.5. The summed E-state index contributed by atoms with van der Waals surface area (Å²) < 4.78 is 16.0. The molecule has 0 aliphatic heterocycles. The Hall–Kier alpha value is 0.490. The Bertz CT molecular complexity index is 187. The summed E-state index contributed by atoms with van der Waals surface area (Å²) in [5.74, 6) is 3.33. The summed E-state index contributed by atoms with van der Waals surface area (Å²) in [6.45, 7) is 5.31. The fourth-order valence-electron chi connectivity index (χ4n) is 0.676. The summed E-state index contributed by atoms with van der Waals surface area (Å²) in [6.07, 6.45) is 1.86. The highest BCUT2D eigenvalue weighted by Crippen LogP contribution is 2.50. The molecule has 0 fully saturated rings. The van der Waals surface area contributed by atoms with Crippen LogP contribution in [0.25, 0.3) is 0 Å². The van der Waals surface area contributed by atoms with E-state index in [2.05, 4.69) is 5.90 Å². The third kappa shape index (κ3) is 5.39. The molecule has 0 amide bonds. The van der Waals surface area contributed by atoms with Gasteiger partial charge in [-0.15, -0.1) is 4.62 Å². The first-order valence-corrected chi connectivity index (χ1v) is 7.43. The van der Waals surface area contributed by atoms with Crippen molar-refractivity contribution in [1.82, 2.24) is 0 Å². The molecule has 3 N–H and O–H groups in total. The van der Waals surface area contributed by atoms with E-state index >= 15 is 0 Å². The summed E-state index contributed by atoms with van der Waals surface area (Å²) in [7, 11) is 0. The van der Waals surface area contributed by atoms with Gasteiger partial charge in [0, 0.05) is 0 Å². The molecule has 2 atom stereocenters. The topological polar surface area (TPSA) is 55.3 Å². The molecule has 0 aromatic carbocycles. The molecule has 0 saturated heterocycles. The first-order chi connectivity index (χ1) is 6.47. The number of rotatable bonds is 7. The van der Waals surface area contributed by atoms with E-state index in [0.29, 0.717) is 0 Å². The van der Waals surface area contributed by atoms with Gasteiger partial charge in [0.1, 0.15) is 0 Å². The van der Waals surface area contributed by atoms with Gasteiger partial charge in [-0.1, -0.05) is 13.8 Å². The average Bonchev–Trinajstić information content (AvgIpc) is 2.17. The van der Waals surface area contributed by atoms with Crippen LogP contribution >= 0.6 is 6.72 Å². The number of quaternary nitrogens is 1. The van der Waals surface area contributed by atoms with Crippen LogP contribution in [0.15, 0.2) is 0 Å². The molecule has 0 heterocycles. The van der Waals surface area contributed by atoms with Crippen LogP contribution in [-0.4, -0.2) is 12.2 Å². The molecule has 0 aromatic heterocycles. The lowest BCUT2D eigenvalue weighted by Crippen LogP contribution is -2.48. The second kappa shape index (κ2) is 6.88. The van der Waals surface area contributed by atoms with E-state index in [1.807, 2.05) is 27.7 Å². The van der Waals surface area contributed by atoms with E-state index in [1.54, 1.807) is 0 Å². The Morgan fingerprint density at radius 2 is 1.50 bits per heavy atom. The monoisotopic (exact) mass is 242 g/mol. The molecule has 2 unspecified atom stereocenters. The highest BCUT2D eigenvalue weighted by molar-refractivity contribution is 8.07. The van der Waals surface area contributed by atoms with E-state index < -0.39 is 6.72 Å². The summed E-state index contributed by atoms with van der Waals surface area (Å²) in [5.41, 5.74) is 0. The van der Waals surface area contributed by atoms with Gasteiger partial charge in [0.05, 0.1) is 12.2 Å². The average molecular weight is 242 g/mol. The molecule has 14 heavy (non-hydrogen) atoms. The van der Waals surface area contributed by atoms with E-state index in [9.17, 15) is 0 Å². The van der Waals surface area contributed by atoms with Crippen molar-refractivity contribution in [3.8, 4) is 0 Å². The zero-order valence-corrected chi connectivity index (χ0v) is 11.1. The van der Waals surface area contributed by atoms with Gasteiger partial charge in [-0.3, -0.25) is 0 Å². The molecule has 0 saturated carbocycles. The molecule has 86 valence electrons. The molecular formula is C8H21NO3PS+. The normalized spacial score (nSPS) is 20.1. The zero-order chi connectivity index (χ0) is 11.2. The Kier molecular flexibility index (Phi) is 7.12. The van der Waals surface area contributed by atoms with Gasteiger partial charge in [-0.2, -0.15) is 0 Å². The van der Waals surface area contributed by atoms with Crippen molar-refractivity contribution in [3.63, 3.8) is 0 Å². The van der Waals surface area contributed by atoms with Crippen molar-refractivity contribution in [3.05, 3.63) is 0 Å². The first-order valence-electron chi connectivity index (χ1n) is 4.88. The van der Waals surface area contributed by atoms with Crippen LogP contribution in [0.2, 0.25) is 0 Å². The van der Waals surface area contributed by atoms with E-state index in [4.69, 9.17) is 25.5 Å². The van der Waals surface area contributed by atoms with E-state index in [1.165, 1.54) is 0 Å². The number of hydrogen-bond donors (Lipinski definition) is 1. The van der Waals surface area contributed by atoms with Crippen LogP contribution in [0.1, 0.15) is 40.5 Å². The Labute approximate surface area is 91.3 Å². The van der Waals surface area contributed by atoms with Crippen LogP contribution in [-0.2, 0) is 25.5 Å². The van der Waals surface area contributed by atoms with Gasteiger partial charge in [0.15, 0.2) is 0 Å². The Morgan fingerprint density at radius 1 is 1.14 bits per heavy atom. The molecule has 0 aromatic rings. The van der Waals surface area contributed by atoms with Crippen LogP contribution < -0.4 is 5.90 Å². The predicted octanol–water partition coefficient (Wildman–Crippen LogP) is 2.01. The zero-order valence-electron chi connectivity index (χ0n) is 9.36. The maximum atomic E-state index is 5.53. The van der Waals surface area contributed by atoms with Crippen LogP contribution in [0.4, 0.5) is 0 Å². The van der Waals surface area contributed by atoms with E-state index in [0.717, 1.165) is 12.8 Å². The second-order valence-corrected chi connectivity index (χ2v) is 6.14. The van der Waals surface area contributed by atoms with Crippen LogP contribution in [0.3, 0.4) is 0 Å². The third-order valence-corrected chi connectivity index (χ3v) is 4.31. The lowest BCUT2D eigenvalue weighted by Gasteiger charge is -2.23. The van der Waals surface area contributed by atoms with Crippen molar-refractivity contribution in [1.29, 1.82) is 0 Å². The standard InChI is InChI=1S/C8H21NO3PS/c1-5-7(3)10-13(14,12-9)11-8(4)6-2/h7-8H,5-6H2,1-4,9H3/q+1. The van der Waals surface area contributed by atoms with Crippen molar-refractivity contribution in [2.45, 2.75) is 52.7 Å². The lowest BCUT2D eigenvalue weighted by atomic mass is 10.3. The smallest absolute Gasteiger partial charge is 0.302 e. The molecule has 0 rings (SSSR count). The first kappa shape index (κ1) is 14.5. The third-order valence-electron chi connectivity index (χ3n) is 1.93. The van der Waals surface area contributed by atoms with Crippen LogP contribution in [0, 0.1) is 0 Å². The Balaban J connectivity index is 4.25. The molecule has 0 aliphatic carbocycles. The van der Waals surface area contributed by atoms with Gasteiger partial charge in [0.25, 0.3) is 0 Å². The SMILES string of the molecule is CCC(C)OP(=S)(O[NH3+])OC(C)CC. The highest BCUT2D eigenvalue weighted by Gasteiger charge is 2.26. The summed E-state index contributed by atoms with van der Waals surface area (Å²) in [5, 5.41) is 0. The van der Waals surface area contributed by atoms with Gasteiger partial charge < -0.3 is 9.05 Å². The summed E-state index contributed by atoms with van der Waals surface area (Å²) in [4.78, 5) is 0. The predicted molar refractivity (Wildman–Crippen MR) is 59.9 cm³/mol. The quantitative estimate of drug-likeness (QED) is 0.548. The lowest BCUT2D eigenvalue weighted by molar-refractivity contribution is -0.641. The molecule has 0 radical (unpaired) electrons. The fourth-order valence-corrected chi connectivity index (χ4v) is 2.91. The van der Waals surface area contributed by atoms with Gasteiger partial charge >= 0.3 is 6.72 Å². The maximum absolute atomic E-state index is 5.53. The van der Waals surface area contributed by atoms with Gasteiger partial charge in [0.2, 0.25) is 0 Å². The summed E-state index contributed by atoms with van der Waals surface area (Å²) >= 11 is 5.17. The Morgan fingerprint density at radius 3 is 1.71 bits per heavy atom. The minimum atomic E-state index is -2.62. The molecule has 0 bridgehead atoms. The molecule has 4 nitrogen and oxygen atoms in total. The van der Waals surface area contributed by atoms with Crippen molar-refractivity contribution in [2.75, 3.05) is 0 Å².